The third-order valence-electron chi connectivity index (χ3n) is 4.90. The van der Waals surface area contributed by atoms with E-state index in [0.29, 0.717) is 13.1 Å². The van der Waals surface area contributed by atoms with Gasteiger partial charge in [0.25, 0.3) is 5.91 Å². The van der Waals surface area contributed by atoms with Gasteiger partial charge in [0.05, 0.1) is 25.1 Å². The molecule has 0 atom stereocenters. The number of nitrogens with zero attached hydrogens (tertiary/aromatic N) is 5. The van der Waals surface area contributed by atoms with E-state index >= 15 is 0 Å². The highest BCUT2D eigenvalue weighted by molar-refractivity contribution is 7.99. The fourth-order valence-corrected chi connectivity index (χ4v) is 4.18. The van der Waals surface area contributed by atoms with Gasteiger partial charge < -0.3 is 9.30 Å². The van der Waals surface area contributed by atoms with Crippen LogP contribution in [0.1, 0.15) is 18.9 Å². The molecule has 30 heavy (non-hydrogen) atoms. The molecule has 1 aliphatic rings. The molecule has 3 aromatic rings. The number of hydrazone groups is 1. The zero-order chi connectivity index (χ0) is 20.9. The molecule has 2 aromatic carbocycles. The van der Waals surface area contributed by atoms with Crippen LogP contribution in [-0.2, 0) is 11.3 Å². The summed E-state index contributed by atoms with van der Waals surface area (Å²) in [6, 6.07) is 17.7. The van der Waals surface area contributed by atoms with E-state index in [2.05, 4.69) is 15.3 Å². The Morgan fingerprint density at radius 3 is 2.53 bits per heavy atom. The van der Waals surface area contributed by atoms with Crippen LogP contribution >= 0.6 is 11.8 Å². The van der Waals surface area contributed by atoms with Crippen LogP contribution in [0.2, 0.25) is 0 Å². The number of hydrogen-bond acceptors (Lipinski definition) is 6. The summed E-state index contributed by atoms with van der Waals surface area (Å²) in [4.78, 5) is 12.7. The summed E-state index contributed by atoms with van der Waals surface area (Å²) in [5, 5.41) is 15.4. The lowest BCUT2D eigenvalue weighted by atomic mass is 10.1. The number of benzene rings is 2. The number of thioether (sulfide) groups is 1. The van der Waals surface area contributed by atoms with E-state index in [1.54, 1.807) is 12.1 Å². The molecule has 1 aromatic heterocycles. The first-order valence-electron chi connectivity index (χ1n) is 9.83. The van der Waals surface area contributed by atoms with E-state index in [9.17, 15) is 4.79 Å². The Balaban J connectivity index is 1.43. The van der Waals surface area contributed by atoms with Gasteiger partial charge in [-0.1, -0.05) is 42.1 Å². The fraction of sp³-hybridized carbons (Fsp3) is 0.273. The molecule has 0 fully saturated rings. The molecule has 0 N–H and O–H groups in total. The molecule has 0 unspecified atom stereocenters. The van der Waals surface area contributed by atoms with Crippen molar-refractivity contribution in [3.63, 3.8) is 0 Å². The van der Waals surface area contributed by atoms with E-state index in [0.717, 1.165) is 40.0 Å². The van der Waals surface area contributed by atoms with Crippen LogP contribution in [-0.4, -0.2) is 50.8 Å². The van der Waals surface area contributed by atoms with Gasteiger partial charge in [0, 0.05) is 18.5 Å². The monoisotopic (exact) mass is 421 g/mol. The molecular weight excluding hydrogens is 398 g/mol. The van der Waals surface area contributed by atoms with Crippen molar-refractivity contribution in [2.45, 2.75) is 25.0 Å². The number of methoxy groups -OCH3 is 1. The molecule has 7 nitrogen and oxygen atoms in total. The summed E-state index contributed by atoms with van der Waals surface area (Å²) in [7, 11) is 1.64. The van der Waals surface area contributed by atoms with E-state index < -0.39 is 0 Å². The van der Waals surface area contributed by atoms with Crippen molar-refractivity contribution in [2.24, 2.45) is 5.10 Å². The zero-order valence-electron chi connectivity index (χ0n) is 17.0. The zero-order valence-corrected chi connectivity index (χ0v) is 17.8. The molecule has 0 radical (unpaired) electrons. The molecule has 4 rings (SSSR count). The van der Waals surface area contributed by atoms with Gasteiger partial charge in [-0.3, -0.25) is 4.79 Å². The van der Waals surface area contributed by atoms with Gasteiger partial charge in [-0.05, 0) is 36.8 Å². The molecule has 8 heteroatoms. The lowest BCUT2D eigenvalue weighted by Gasteiger charge is -2.11. The quantitative estimate of drug-likeness (QED) is 0.544. The minimum Gasteiger partial charge on any atom is -0.497 e. The highest BCUT2D eigenvalue weighted by Crippen LogP contribution is 2.26. The SMILES string of the molecule is CCn1c(SCC(=O)N2CCC(c3ccccc3)=N2)nnc1-c1ccc(OC)cc1. The van der Waals surface area contributed by atoms with E-state index in [-0.39, 0.29) is 11.7 Å². The summed E-state index contributed by atoms with van der Waals surface area (Å²) in [5.74, 6) is 1.82. The van der Waals surface area contributed by atoms with Gasteiger partial charge in [-0.25, -0.2) is 5.01 Å². The lowest BCUT2D eigenvalue weighted by molar-refractivity contribution is -0.127. The number of carbonyl (C=O) groups is 1. The molecule has 0 aliphatic carbocycles. The van der Waals surface area contributed by atoms with Crippen molar-refractivity contribution in [1.82, 2.24) is 19.8 Å². The molecule has 0 saturated carbocycles. The Morgan fingerprint density at radius 2 is 1.83 bits per heavy atom. The maximum absolute atomic E-state index is 12.7. The number of rotatable bonds is 7. The highest BCUT2D eigenvalue weighted by atomic mass is 32.2. The van der Waals surface area contributed by atoms with Gasteiger partial charge in [0.1, 0.15) is 5.75 Å². The van der Waals surface area contributed by atoms with E-state index in [4.69, 9.17) is 4.74 Å². The number of amides is 1. The van der Waals surface area contributed by atoms with Crippen LogP contribution in [0.3, 0.4) is 0 Å². The van der Waals surface area contributed by atoms with Gasteiger partial charge >= 0.3 is 0 Å². The molecule has 1 amide bonds. The number of carbonyl (C=O) groups excluding carboxylic acids is 1. The van der Waals surface area contributed by atoms with Crippen molar-refractivity contribution >= 4 is 23.4 Å². The second-order valence-electron chi connectivity index (χ2n) is 6.75. The second kappa shape index (κ2) is 9.13. The van der Waals surface area contributed by atoms with Gasteiger partial charge in [-0.15, -0.1) is 10.2 Å². The Morgan fingerprint density at radius 1 is 1.07 bits per heavy atom. The van der Waals surface area contributed by atoms with Crippen LogP contribution in [0.25, 0.3) is 11.4 Å². The Labute approximate surface area is 179 Å². The van der Waals surface area contributed by atoms with E-state index in [1.807, 2.05) is 66.1 Å². The standard InChI is InChI=1S/C22H23N5O2S/c1-3-26-21(17-9-11-18(29-2)12-10-17)23-24-22(26)30-15-20(28)27-14-13-19(25-27)16-7-5-4-6-8-16/h4-12H,3,13-15H2,1-2H3. The summed E-state index contributed by atoms with van der Waals surface area (Å²) < 4.78 is 7.23. The van der Waals surface area contributed by atoms with Crippen molar-refractivity contribution in [3.8, 4) is 17.1 Å². The van der Waals surface area contributed by atoms with Crippen LogP contribution in [0.5, 0.6) is 5.75 Å². The fourth-order valence-electron chi connectivity index (χ4n) is 3.31. The van der Waals surface area contributed by atoms with E-state index in [1.165, 1.54) is 11.8 Å². The van der Waals surface area contributed by atoms with Crippen LogP contribution in [0.4, 0.5) is 0 Å². The van der Waals surface area contributed by atoms with Gasteiger partial charge in [0.15, 0.2) is 11.0 Å². The predicted molar refractivity (Wildman–Crippen MR) is 118 cm³/mol. The molecule has 154 valence electrons. The van der Waals surface area contributed by atoms with Crippen molar-refractivity contribution < 1.29 is 9.53 Å². The molecule has 1 aliphatic heterocycles. The average Bonchev–Trinajstić information content (AvgIpc) is 3.45. The predicted octanol–water partition coefficient (Wildman–Crippen LogP) is 3.70. The second-order valence-corrected chi connectivity index (χ2v) is 7.69. The summed E-state index contributed by atoms with van der Waals surface area (Å²) >= 11 is 1.39. The Hall–Kier alpha value is -3.13. The van der Waals surface area contributed by atoms with Gasteiger partial charge in [-0.2, -0.15) is 5.10 Å². The first-order valence-corrected chi connectivity index (χ1v) is 10.8. The summed E-state index contributed by atoms with van der Waals surface area (Å²) in [6.07, 6.45) is 0.771. The maximum atomic E-state index is 12.7. The van der Waals surface area contributed by atoms with Crippen molar-refractivity contribution in [2.75, 3.05) is 19.4 Å². The Kier molecular flexibility index (Phi) is 6.13. The number of aromatic nitrogens is 3. The van der Waals surface area contributed by atoms with Crippen LogP contribution in [0, 0.1) is 0 Å². The van der Waals surface area contributed by atoms with Crippen LogP contribution < -0.4 is 4.74 Å². The third-order valence-corrected chi connectivity index (χ3v) is 5.85. The molecule has 0 bridgehead atoms. The first-order chi connectivity index (χ1) is 14.7. The average molecular weight is 422 g/mol. The number of hydrogen-bond donors (Lipinski definition) is 0. The topological polar surface area (TPSA) is 72.6 Å². The highest BCUT2D eigenvalue weighted by Gasteiger charge is 2.22. The van der Waals surface area contributed by atoms with Crippen molar-refractivity contribution in [1.29, 1.82) is 0 Å². The molecule has 2 heterocycles. The molecule has 0 saturated heterocycles. The summed E-state index contributed by atoms with van der Waals surface area (Å²) in [5.41, 5.74) is 2.97. The van der Waals surface area contributed by atoms with Crippen LogP contribution in [0.15, 0.2) is 64.9 Å². The molecule has 0 spiro atoms. The normalized spacial score (nSPS) is 13.4. The third kappa shape index (κ3) is 4.23. The minimum absolute atomic E-state index is 0.0254. The maximum Gasteiger partial charge on any atom is 0.253 e. The lowest BCUT2D eigenvalue weighted by Crippen LogP contribution is -2.25. The van der Waals surface area contributed by atoms with Crippen molar-refractivity contribution in [3.05, 3.63) is 60.2 Å². The van der Waals surface area contributed by atoms with Gasteiger partial charge in [0.2, 0.25) is 0 Å². The molecular formula is C22H23N5O2S. The summed E-state index contributed by atoms with van der Waals surface area (Å²) in [6.45, 7) is 3.37. The minimum atomic E-state index is -0.0254. The Bertz CT molecular complexity index is 1050. The number of ether oxygens (including phenoxy) is 1. The largest absolute Gasteiger partial charge is 0.497 e. The first kappa shape index (κ1) is 20.2. The smallest absolute Gasteiger partial charge is 0.253 e.